The van der Waals surface area contributed by atoms with Crippen LogP contribution >= 0.6 is 0 Å². The molecule has 0 unspecified atom stereocenters. The minimum absolute atomic E-state index is 0.118. The molecule has 1 aromatic carbocycles. The second kappa shape index (κ2) is 8.97. The number of para-hydroxylation sites is 1. The van der Waals surface area contributed by atoms with Crippen molar-refractivity contribution in [3.63, 3.8) is 0 Å². The fraction of sp³-hybridized carbons (Fsp3) is 0.292. The van der Waals surface area contributed by atoms with Crippen LogP contribution in [0.3, 0.4) is 0 Å². The van der Waals surface area contributed by atoms with Crippen molar-refractivity contribution in [1.82, 2.24) is 28.9 Å². The van der Waals surface area contributed by atoms with Gasteiger partial charge in [0.1, 0.15) is 30.0 Å². The Balaban J connectivity index is 1.27. The van der Waals surface area contributed by atoms with Crippen LogP contribution in [0.5, 0.6) is 0 Å². The number of hydrogen-bond acceptors (Lipinski definition) is 6. The summed E-state index contributed by atoms with van der Waals surface area (Å²) >= 11 is 0. The second-order valence-corrected chi connectivity index (χ2v) is 8.39. The molecule has 0 bridgehead atoms. The number of aromatic nitrogens is 6. The van der Waals surface area contributed by atoms with E-state index in [1.54, 1.807) is 28.2 Å². The monoisotopic (exact) mass is 458 g/mol. The third-order valence-corrected chi connectivity index (χ3v) is 6.40. The molecular weight excluding hydrogens is 432 g/mol. The van der Waals surface area contributed by atoms with E-state index in [1.165, 1.54) is 0 Å². The fourth-order valence-electron chi connectivity index (χ4n) is 4.35. The van der Waals surface area contributed by atoms with Crippen molar-refractivity contribution in [3.8, 4) is 11.5 Å². The van der Waals surface area contributed by atoms with Gasteiger partial charge in [0.15, 0.2) is 0 Å². The summed E-state index contributed by atoms with van der Waals surface area (Å²) in [6.45, 7) is 3.23. The van der Waals surface area contributed by atoms with Gasteiger partial charge in [-0.1, -0.05) is 18.2 Å². The highest BCUT2D eigenvalue weighted by Crippen LogP contribution is 2.24. The summed E-state index contributed by atoms with van der Waals surface area (Å²) in [4.78, 5) is 41.1. The first-order valence-corrected chi connectivity index (χ1v) is 11.2. The van der Waals surface area contributed by atoms with Gasteiger partial charge in [-0.05, 0) is 31.9 Å². The average molecular weight is 459 g/mol. The lowest BCUT2D eigenvalue weighted by molar-refractivity contribution is -0.120. The van der Waals surface area contributed by atoms with Crippen LogP contribution in [0, 0.1) is 12.8 Å². The van der Waals surface area contributed by atoms with Gasteiger partial charge in [0.25, 0.3) is 5.56 Å². The minimum atomic E-state index is -0.231. The summed E-state index contributed by atoms with van der Waals surface area (Å²) in [6.07, 6.45) is 8.12. The summed E-state index contributed by atoms with van der Waals surface area (Å²) in [6, 6.07) is 11.3. The summed E-state index contributed by atoms with van der Waals surface area (Å²) in [7, 11) is 1.82. The molecule has 1 fully saturated rings. The fourth-order valence-corrected chi connectivity index (χ4v) is 4.35. The molecule has 10 heteroatoms. The van der Waals surface area contributed by atoms with Crippen LogP contribution in [0.15, 0.2) is 66.2 Å². The van der Waals surface area contributed by atoms with Gasteiger partial charge in [-0.25, -0.2) is 19.6 Å². The number of nitrogens with one attached hydrogen (secondary N) is 1. The molecule has 1 amide bonds. The number of rotatable bonds is 5. The van der Waals surface area contributed by atoms with E-state index in [4.69, 9.17) is 0 Å². The van der Waals surface area contributed by atoms with Gasteiger partial charge in [-0.2, -0.15) is 0 Å². The maximum atomic E-state index is 13.1. The molecule has 5 rings (SSSR count). The molecule has 1 aliphatic heterocycles. The van der Waals surface area contributed by atoms with Crippen molar-refractivity contribution in [2.75, 3.05) is 23.3 Å². The van der Waals surface area contributed by atoms with E-state index in [0.29, 0.717) is 37.3 Å². The lowest BCUT2D eigenvalue weighted by atomic mass is 9.96. The van der Waals surface area contributed by atoms with Crippen LogP contribution < -0.4 is 15.8 Å². The lowest BCUT2D eigenvalue weighted by Crippen LogP contribution is -2.39. The zero-order chi connectivity index (χ0) is 23.7. The summed E-state index contributed by atoms with van der Waals surface area (Å²) in [5.74, 6) is 1.28. The molecule has 1 saturated heterocycles. The van der Waals surface area contributed by atoms with E-state index in [1.807, 2.05) is 61.1 Å². The number of nitrogens with zero attached hydrogens (tertiary/aromatic N) is 7. The Morgan fingerprint density at radius 3 is 2.53 bits per heavy atom. The minimum Gasteiger partial charge on any atom is -0.356 e. The SMILES string of the molecule is Cc1c(NC(=O)C2CCN(c3cc(-n4ccnc4)ncn3)CC2)c(=O)n(-c2ccccc2)n1C. The molecular formula is C24H26N8O2. The van der Waals surface area contributed by atoms with Crippen molar-refractivity contribution in [2.45, 2.75) is 19.8 Å². The standard InChI is InChI=1S/C24H26N8O2/c1-17-22(24(34)32(29(17)2)19-6-4-3-5-7-19)28-23(33)18-8-11-30(12-9-18)20-14-21(27-15-26-20)31-13-10-25-16-31/h3-7,10,13-16,18H,8-9,11-12H2,1-2H3,(H,28,33). The molecule has 0 radical (unpaired) electrons. The number of anilines is 2. The number of carbonyl (C=O) groups is 1. The maximum Gasteiger partial charge on any atom is 0.295 e. The molecule has 4 heterocycles. The zero-order valence-corrected chi connectivity index (χ0v) is 19.1. The van der Waals surface area contributed by atoms with E-state index in [9.17, 15) is 9.59 Å². The first kappa shape index (κ1) is 21.6. The Bertz CT molecular complexity index is 1350. The van der Waals surface area contributed by atoms with Gasteiger partial charge in [-0.15, -0.1) is 0 Å². The third kappa shape index (κ3) is 3.98. The Morgan fingerprint density at radius 1 is 1.09 bits per heavy atom. The van der Waals surface area contributed by atoms with Gasteiger partial charge in [0.2, 0.25) is 5.91 Å². The predicted octanol–water partition coefficient (Wildman–Crippen LogP) is 2.32. The number of benzene rings is 1. The topological polar surface area (TPSA) is 103 Å². The normalized spacial score (nSPS) is 14.4. The molecule has 174 valence electrons. The van der Waals surface area contributed by atoms with Crippen molar-refractivity contribution in [1.29, 1.82) is 0 Å². The van der Waals surface area contributed by atoms with E-state index in [2.05, 4.69) is 25.2 Å². The van der Waals surface area contributed by atoms with Gasteiger partial charge in [-0.3, -0.25) is 18.8 Å². The van der Waals surface area contributed by atoms with Gasteiger partial charge < -0.3 is 10.2 Å². The molecule has 0 aliphatic carbocycles. The molecule has 1 aliphatic rings. The van der Waals surface area contributed by atoms with E-state index in [-0.39, 0.29) is 17.4 Å². The molecule has 34 heavy (non-hydrogen) atoms. The van der Waals surface area contributed by atoms with Crippen LogP contribution in [0.1, 0.15) is 18.5 Å². The van der Waals surface area contributed by atoms with Crippen molar-refractivity contribution in [2.24, 2.45) is 13.0 Å². The molecule has 1 N–H and O–H groups in total. The smallest absolute Gasteiger partial charge is 0.295 e. The number of piperidine rings is 1. The lowest BCUT2D eigenvalue weighted by Gasteiger charge is -2.32. The van der Waals surface area contributed by atoms with Crippen molar-refractivity contribution >= 4 is 17.4 Å². The Hall–Kier alpha value is -4.21. The first-order valence-electron chi connectivity index (χ1n) is 11.2. The third-order valence-electron chi connectivity index (χ3n) is 6.40. The molecule has 4 aromatic rings. The summed E-state index contributed by atoms with van der Waals surface area (Å²) in [5, 5.41) is 2.91. The second-order valence-electron chi connectivity index (χ2n) is 8.39. The summed E-state index contributed by atoms with van der Waals surface area (Å²) in [5.41, 5.74) is 1.57. The Morgan fingerprint density at radius 2 is 1.82 bits per heavy atom. The molecule has 0 saturated carbocycles. The summed E-state index contributed by atoms with van der Waals surface area (Å²) < 4.78 is 5.17. The van der Waals surface area contributed by atoms with Crippen molar-refractivity contribution in [3.05, 3.63) is 77.5 Å². The molecule has 3 aromatic heterocycles. The van der Waals surface area contributed by atoms with E-state index >= 15 is 0 Å². The average Bonchev–Trinajstić information content (AvgIpc) is 3.49. The predicted molar refractivity (Wildman–Crippen MR) is 128 cm³/mol. The number of hydrogen-bond donors (Lipinski definition) is 1. The van der Waals surface area contributed by atoms with Crippen LogP contribution in [-0.2, 0) is 11.8 Å². The molecule has 0 atom stereocenters. The van der Waals surface area contributed by atoms with Crippen LogP contribution in [0.2, 0.25) is 0 Å². The largest absolute Gasteiger partial charge is 0.356 e. The first-order chi connectivity index (χ1) is 16.5. The van der Waals surface area contributed by atoms with Gasteiger partial charge in [0.05, 0.1) is 11.4 Å². The Kier molecular flexibility index (Phi) is 5.70. The zero-order valence-electron chi connectivity index (χ0n) is 19.1. The van der Waals surface area contributed by atoms with E-state index in [0.717, 1.165) is 17.3 Å². The maximum absolute atomic E-state index is 13.1. The van der Waals surface area contributed by atoms with Crippen molar-refractivity contribution < 1.29 is 4.79 Å². The van der Waals surface area contributed by atoms with Gasteiger partial charge >= 0.3 is 0 Å². The Labute approximate surface area is 196 Å². The molecule has 10 nitrogen and oxygen atoms in total. The number of amides is 1. The highest BCUT2D eigenvalue weighted by atomic mass is 16.2. The van der Waals surface area contributed by atoms with Crippen LogP contribution in [0.25, 0.3) is 11.5 Å². The molecule has 0 spiro atoms. The highest BCUT2D eigenvalue weighted by molar-refractivity contribution is 5.93. The number of carbonyl (C=O) groups excluding carboxylic acids is 1. The van der Waals surface area contributed by atoms with E-state index < -0.39 is 0 Å². The van der Waals surface area contributed by atoms with Crippen LogP contribution in [-0.4, -0.2) is 47.9 Å². The van der Waals surface area contributed by atoms with Crippen LogP contribution in [0.4, 0.5) is 11.5 Å². The quantitative estimate of drug-likeness (QED) is 0.492. The van der Waals surface area contributed by atoms with Gasteiger partial charge in [0, 0.05) is 44.5 Å². The highest BCUT2D eigenvalue weighted by Gasteiger charge is 2.28. The number of imidazole rings is 1.